The van der Waals surface area contributed by atoms with Crippen LogP contribution in [0.15, 0.2) is 82.1 Å². The lowest BCUT2D eigenvalue weighted by Gasteiger charge is -2.16. The molecule has 0 amide bonds. The van der Waals surface area contributed by atoms with Gasteiger partial charge in [-0.05, 0) is 35.6 Å². The summed E-state index contributed by atoms with van der Waals surface area (Å²) in [6.45, 7) is 0.413. The summed E-state index contributed by atoms with van der Waals surface area (Å²) < 4.78 is 7.94. The van der Waals surface area contributed by atoms with Gasteiger partial charge >= 0.3 is 0 Å². The fourth-order valence-electron chi connectivity index (χ4n) is 2.29. The van der Waals surface area contributed by atoms with E-state index in [1.54, 1.807) is 35.4 Å². The molecule has 0 atom stereocenters. The molecule has 0 aliphatic rings. The van der Waals surface area contributed by atoms with Gasteiger partial charge in [0.2, 0.25) is 5.70 Å². The Labute approximate surface area is 159 Å². The van der Waals surface area contributed by atoms with Crippen LogP contribution in [0.5, 0.6) is 0 Å². The lowest BCUT2D eigenvalue weighted by atomic mass is 10.1. The first-order chi connectivity index (χ1) is 12.1. The number of aromatic nitrogens is 1. The summed E-state index contributed by atoms with van der Waals surface area (Å²) in [7, 11) is 0. The Hall–Kier alpha value is -2.44. The number of halogens is 1. The first-order valence-electron chi connectivity index (χ1n) is 7.59. The van der Waals surface area contributed by atoms with Gasteiger partial charge in [0.1, 0.15) is 5.76 Å². The minimum Gasteiger partial charge on any atom is -0.867 e. The van der Waals surface area contributed by atoms with Crippen LogP contribution in [0.2, 0.25) is 0 Å². The first kappa shape index (κ1) is 17.4. The Morgan fingerprint density at radius 1 is 1.08 bits per heavy atom. The van der Waals surface area contributed by atoms with E-state index in [9.17, 15) is 5.11 Å². The van der Waals surface area contributed by atoms with E-state index in [-0.39, 0.29) is 5.76 Å². The molecule has 1 aromatic carbocycles. The van der Waals surface area contributed by atoms with Gasteiger partial charge in [0.15, 0.2) is 17.4 Å². The number of nitrogens with one attached hydrogen (secondary N) is 1. The Morgan fingerprint density at radius 3 is 2.44 bits per heavy atom. The van der Waals surface area contributed by atoms with E-state index in [4.69, 9.17) is 16.6 Å². The third kappa shape index (κ3) is 4.35. The summed E-state index contributed by atoms with van der Waals surface area (Å²) in [4.78, 5) is 0.362. The number of benzene rings is 1. The molecule has 0 bridgehead atoms. The monoisotopic (exact) mass is 414 g/mol. The molecule has 0 radical (unpaired) electrons. The molecule has 4 nitrogen and oxygen atoms in total. The number of hydrogen-bond acceptors (Lipinski definition) is 3. The van der Waals surface area contributed by atoms with Gasteiger partial charge in [0.05, 0.1) is 12.8 Å². The van der Waals surface area contributed by atoms with Crippen molar-refractivity contribution in [3.8, 4) is 0 Å². The van der Waals surface area contributed by atoms with Crippen LogP contribution in [0.25, 0.3) is 11.5 Å². The normalized spacial score (nSPS) is 11.7. The molecule has 0 fully saturated rings. The van der Waals surface area contributed by atoms with Crippen LogP contribution in [0.3, 0.4) is 0 Å². The van der Waals surface area contributed by atoms with Crippen molar-refractivity contribution < 1.29 is 14.1 Å². The lowest BCUT2D eigenvalue weighted by Crippen LogP contribution is -2.42. The predicted molar refractivity (Wildman–Crippen MR) is 102 cm³/mol. The fraction of sp³-hybridized carbons (Fsp3) is 0.0526. The standard InChI is InChI=1S/C19H15BrN2O2S/c20-15-8-6-14(7-9-15)18(23)17(22-10-2-1-3-11-22)19(25)21-13-16-5-4-12-24-16/h1-12H,13H2,(H-,21,23,25). The van der Waals surface area contributed by atoms with Gasteiger partial charge in [0, 0.05) is 16.6 Å². The zero-order chi connectivity index (χ0) is 17.6. The molecule has 3 rings (SSSR count). The summed E-state index contributed by atoms with van der Waals surface area (Å²) in [5.41, 5.74) is 0.959. The maximum atomic E-state index is 13.0. The van der Waals surface area contributed by atoms with Crippen molar-refractivity contribution in [1.82, 2.24) is 5.32 Å². The molecule has 0 saturated carbocycles. The van der Waals surface area contributed by atoms with Crippen molar-refractivity contribution in [1.29, 1.82) is 0 Å². The lowest BCUT2D eigenvalue weighted by molar-refractivity contribution is -0.578. The van der Waals surface area contributed by atoms with Crippen molar-refractivity contribution in [3.05, 3.63) is 89.1 Å². The van der Waals surface area contributed by atoms with Crippen molar-refractivity contribution in [3.63, 3.8) is 0 Å². The van der Waals surface area contributed by atoms with E-state index in [1.807, 2.05) is 42.5 Å². The Balaban J connectivity index is 1.96. The van der Waals surface area contributed by atoms with E-state index in [0.29, 0.717) is 22.8 Å². The molecule has 0 aliphatic heterocycles. The van der Waals surface area contributed by atoms with Crippen LogP contribution in [-0.4, -0.2) is 4.99 Å². The molecular weight excluding hydrogens is 400 g/mol. The third-order valence-electron chi connectivity index (χ3n) is 3.51. The predicted octanol–water partition coefficient (Wildman–Crippen LogP) is 3.13. The summed E-state index contributed by atoms with van der Waals surface area (Å²) in [6.07, 6.45) is 5.20. The van der Waals surface area contributed by atoms with Crippen molar-refractivity contribution in [2.45, 2.75) is 6.54 Å². The molecule has 0 spiro atoms. The number of pyridine rings is 1. The van der Waals surface area contributed by atoms with Crippen molar-refractivity contribution in [2.75, 3.05) is 0 Å². The highest BCUT2D eigenvalue weighted by molar-refractivity contribution is 9.10. The summed E-state index contributed by atoms with van der Waals surface area (Å²) in [5, 5.41) is 16.1. The number of furan rings is 1. The third-order valence-corrected chi connectivity index (χ3v) is 4.38. The number of thiocarbonyl (C=S) groups is 1. The highest BCUT2D eigenvalue weighted by atomic mass is 79.9. The van der Waals surface area contributed by atoms with Gasteiger partial charge in [-0.1, -0.05) is 46.3 Å². The Kier molecular flexibility index (Phi) is 5.63. The van der Waals surface area contributed by atoms with E-state index < -0.39 is 0 Å². The van der Waals surface area contributed by atoms with Crippen LogP contribution >= 0.6 is 28.1 Å². The molecule has 3 aromatic rings. The van der Waals surface area contributed by atoms with Crippen molar-refractivity contribution in [2.24, 2.45) is 0 Å². The number of hydrogen-bond donors (Lipinski definition) is 1. The zero-order valence-electron chi connectivity index (χ0n) is 13.2. The topological polar surface area (TPSA) is 52.1 Å². The molecule has 2 heterocycles. The molecular formula is C19H15BrN2O2S. The van der Waals surface area contributed by atoms with Crippen LogP contribution in [0.1, 0.15) is 11.3 Å². The van der Waals surface area contributed by atoms with Gasteiger partial charge in [-0.2, -0.15) is 4.57 Å². The first-order valence-corrected chi connectivity index (χ1v) is 8.80. The second-order valence-electron chi connectivity index (χ2n) is 5.23. The van der Waals surface area contributed by atoms with Crippen LogP contribution in [0.4, 0.5) is 0 Å². The summed E-state index contributed by atoms with van der Waals surface area (Å²) in [5.74, 6) is 0.594. The second kappa shape index (κ2) is 8.09. The number of nitrogens with zero attached hydrogens (tertiary/aromatic N) is 1. The molecule has 0 unspecified atom stereocenters. The van der Waals surface area contributed by atoms with Gasteiger partial charge in [-0.3, -0.25) is 0 Å². The smallest absolute Gasteiger partial charge is 0.237 e. The van der Waals surface area contributed by atoms with Gasteiger partial charge < -0.3 is 14.8 Å². The Bertz CT molecular complexity index is 876. The van der Waals surface area contributed by atoms with Crippen molar-refractivity contribution >= 4 is 44.6 Å². The highest BCUT2D eigenvalue weighted by Crippen LogP contribution is 2.18. The van der Waals surface area contributed by atoms with Gasteiger partial charge in [-0.15, -0.1) is 0 Å². The molecule has 25 heavy (non-hydrogen) atoms. The molecule has 126 valence electrons. The SMILES string of the molecule is [O-]/C(=C(\C(=S)NCc1ccco1)[n+]1ccccc1)c1ccc(Br)cc1. The quantitative estimate of drug-likeness (QED) is 0.301. The Morgan fingerprint density at radius 2 is 1.80 bits per heavy atom. The maximum absolute atomic E-state index is 13.0. The van der Waals surface area contributed by atoms with Crippen LogP contribution in [-0.2, 0) is 6.54 Å². The molecule has 2 aromatic heterocycles. The van der Waals surface area contributed by atoms with E-state index >= 15 is 0 Å². The second-order valence-corrected chi connectivity index (χ2v) is 6.55. The van der Waals surface area contributed by atoms with E-state index in [2.05, 4.69) is 21.2 Å². The van der Waals surface area contributed by atoms with Gasteiger partial charge in [0.25, 0.3) is 0 Å². The highest BCUT2D eigenvalue weighted by Gasteiger charge is 2.18. The average Bonchev–Trinajstić information content (AvgIpc) is 3.15. The molecule has 0 aliphatic carbocycles. The summed E-state index contributed by atoms with van der Waals surface area (Å²) in [6, 6.07) is 16.5. The number of rotatable bonds is 5. The minimum absolute atomic E-state index is 0.152. The average molecular weight is 415 g/mol. The van der Waals surface area contributed by atoms with Gasteiger partial charge in [-0.25, -0.2) is 0 Å². The van der Waals surface area contributed by atoms with Crippen LogP contribution < -0.4 is 15.0 Å². The zero-order valence-corrected chi connectivity index (χ0v) is 15.6. The van der Waals surface area contributed by atoms with E-state index in [1.165, 1.54) is 0 Å². The minimum atomic E-state index is -0.152. The maximum Gasteiger partial charge on any atom is 0.237 e. The largest absolute Gasteiger partial charge is 0.867 e. The van der Waals surface area contributed by atoms with E-state index in [0.717, 1.165) is 10.2 Å². The molecule has 0 saturated heterocycles. The summed E-state index contributed by atoms with van der Waals surface area (Å²) >= 11 is 8.87. The molecule has 1 N–H and O–H groups in total. The van der Waals surface area contributed by atoms with Crippen LogP contribution in [0, 0.1) is 0 Å². The molecule has 6 heteroatoms. The fourth-order valence-corrected chi connectivity index (χ4v) is 2.82.